The highest BCUT2D eigenvalue weighted by Gasteiger charge is 2.15. The summed E-state index contributed by atoms with van der Waals surface area (Å²) in [6, 6.07) is 5.75. The van der Waals surface area contributed by atoms with Gasteiger partial charge < -0.3 is 10.6 Å². The van der Waals surface area contributed by atoms with E-state index in [-0.39, 0.29) is 11.4 Å². The summed E-state index contributed by atoms with van der Waals surface area (Å²) in [5.41, 5.74) is 0.416. The largest absolute Gasteiger partial charge is 0.372 e. The van der Waals surface area contributed by atoms with Crippen LogP contribution in [0.4, 0.5) is 15.9 Å². The topological polar surface area (TPSA) is 54.0 Å². The minimum atomic E-state index is -0.605. The fourth-order valence-corrected chi connectivity index (χ4v) is 1.93. The van der Waals surface area contributed by atoms with Gasteiger partial charge in [0.15, 0.2) is 0 Å². The van der Waals surface area contributed by atoms with Crippen LogP contribution in [0.1, 0.15) is 10.4 Å². The number of benzene rings is 1. The van der Waals surface area contributed by atoms with Gasteiger partial charge in [0.1, 0.15) is 11.6 Å². The molecule has 0 aliphatic carbocycles. The van der Waals surface area contributed by atoms with Gasteiger partial charge in [0.05, 0.1) is 22.5 Å². The van der Waals surface area contributed by atoms with E-state index in [1.54, 1.807) is 19.2 Å². The van der Waals surface area contributed by atoms with Crippen molar-refractivity contribution in [3.8, 4) is 0 Å². The Morgan fingerprint density at radius 1 is 1.30 bits per heavy atom. The molecule has 0 aliphatic heterocycles. The number of pyridine rings is 1. The third kappa shape index (κ3) is 3.18. The predicted octanol–water partition coefficient (Wildman–Crippen LogP) is 3.82. The van der Waals surface area contributed by atoms with E-state index in [1.807, 2.05) is 0 Å². The van der Waals surface area contributed by atoms with Crippen molar-refractivity contribution in [3.63, 3.8) is 0 Å². The molecule has 0 aliphatic rings. The minimum absolute atomic E-state index is 0.0727. The van der Waals surface area contributed by atoms with Gasteiger partial charge in [0.25, 0.3) is 5.91 Å². The molecule has 2 rings (SSSR count). The maximum atomic E-state index is 13.2. The SMILES string of the molecule is CNc1ncc(F)cc1C(=O)Nc1cc(Cl)ccc1Cl. The van der Waals surface area contributed by atoms with E-state index in [1.165, 1.54) is 6.07 Å². The highest BCUT2D eigenvalue weighted by Crippen LogP contribution is 2.26. The molecular formula is C13H10Cl2FN3O. The Labute approximate surface area is 124 Å². The quantitative estimate of drug-likeness (QED) is 0.905. The lowest BCUT2D eigenvalue weighted by Gasteiger charge is -2.10. The molecule has 0 atom stereocenters. The van der Waals surface area contributed by atoms with E-state index in [2.05, 4.69) is 15.6 Å². The van der Waals surface area contributed by atoms with E-state index < -0.39 is 11.7 Å². The Morgan fingerprint density at radius 3 is 2.75 bits per heavy atom. The monoisotopic (exact) mass is 313 g/mol. The molecule has 0 saturated heterocycles. The average Bonchev–Trinajstić information content (AvgIpc) is 2.42. The highest BCUT2D eigenvalue weighted by atomic mass is 35.5. The molecule has 1 amide bonds. The summed E-state index contributed by atoms with van der Waals surface area (Å²) in [5.74, 6) is -0.876. The summed E-state index contributed by atoms with van der Waals surface area (Å²) in [6.07, 6.45) is 1.02. The van der Waals surface area contributed by atoms with Gasteiger partial charge in [-0.15, -0.1) is 0 Å². The highest BCUT2D eigenvalue weighted by molar-refractivity contribution is 6.36. The van der Waals surface area contributed by atoms with Gasteiger partial charge >= 0.3 is 0 Å². The van der Waals surface area contributed by atoms with E-state index in [9.17, 15) is 9.18 Å². The third-order valence-electron chi connectivity index (χ3n) is 2.51. The Balaban J connectivity index is 2.32. The standard InChI is InChI=1S/C13H10Cl2FN3O/c1-17-12-9(5-8(16)6-18-12)13(20)19-11-4-7(14)2-3-10(11)15/h2-6H,1H3,(H,17,18)(H,19,20). The van der Waals surface area contributed by atoms with Crippen molar-refractivity contribution in [2.24, 2.45) is 0 Å². The lowest BCUT2D eigenvalue weighted by Crippen LogP contribution is -2.15. The fraction of sp³-hybridized carbons (Fsp3) is 0.0769. The van der Waals surface area contributed by atoms with Crippen molar-refractivity contribution < 1.29 is 9.18 Å². The zero-order valence-electron chi connectivity index (χ0n) is 10.4. The summed E-state index contributed by atoms with van der Waals surface area (Å²) in [5, 5.41) is 6.04. The van der Waals surface area contributed by atoms with E-state index in [0.717, 1.165) is 12.3 Å². The molecular weight excluding hydrogens is 304 g/mol. The summed E-state index contributed by atoms with van der Waals surface area (Å²) < 4.78 is 13.2. The lowest BCUT2D eigenvalue weighted by atomic mass is 10.2. The molecule has 0 bridgehead atoms. The Morgan fingerprint density at radius 2 is 2.05 bits per heavy atom. The van der Waals surface area contributed by atoms with Crippen molar-refractivity contribution in [1.29, 1.82) is 0 Å². The summed E-state index contributed by atoms with van der Waals surface area (Å²) in [7, 11) is 1.59. The number of aromatic nitrogens is 1. The van der Waals surface area contributed by atoms with Crippen LogP contribution in [0, 0.1) is 5.82 Å². The van der Waals surface area contributed by atoms with Crippen LogP contribution in [0.5, 0.6) is 0 Å². The smallest absolute Gasteiger partial charge is 0.259 e. The predicted molar refractivity (Wildman–Crippen MR) is 78.2 cm³/mol. The second kappa shape index (κ2) is 6.07. The van der Waals surface area contributed by atoms with Gasteiger partial charge in [-0.3, -0.25) is 4.79 Å². The van der Waals surface area contributed by atoms with Gasteiger partial charge in [-0.25, -0.2) is 9.37 Å². The Hall–Kier alpha value is -1.85. The van der Waals surface area contributed by atoms with Crippen LogP contribution in [0.3, 0.4) is 0 Å². The van der Waals surface area contributed by atoms with Crippen LogP contribution in [-0.2, 0) is 0 Å². The van der Waals surface area contributed by atoms with Crippen LogP contribution in [0.2, 0.25) is 10.0 Å². The fourth-order valence-electron chi connectivity index (χ4n) is 1.59. The van der Waals surface area contributed by atoms with E-state index >= 15 is 0 Å². The minimum Gasteiger partial charge on any atom is -0.372 e. The molecule has 2 N–H and O–H groups in total. The summed E-state index contributed by atoms with van der Waals surface area (Å²) in [4.78, 5) is 15.9. The second-order valence-corrected chi connectivity index (χ2v) is 4.72. The second-order valence-electron chi connectivity index (χ2n) is 3.88. The first-order valence-corrected chi connectivity index (χ1v) is 6.36. The number of hydrogen-bond acceptors (Lipinski definition) is 3. The first-order chi connectivity index (χ1) is 9.51. The van der Waals surface area contributed by atoms with Gasteiger partial charge in [-0.05, 0) is 24.3 Å². The molecule has 1 heterocycles. The van der Waals surface area contributed by atoms with Crippen molar-refractivity contribution in [1.82, 2.24) is 4.98 Å². The van der Waals surface area contributed by atoms with E-state index in [0.29, 0.717) is 15.7 Å². The number of halogens is 3. The van der Waals surface area contributed by atoms with Crippen LogP contribution in [0.25, 0.3) is 0 Å². The maximum absolute atomic E-state index is 13.2. The number of hydrogen-bond donors (Lipinski definition) is 2. The molecule has 0 saturated carbocycles. The molecule has 1 aromatic heterocycles. The molecule has 0 spiro atoms. The van der Waals surface area contributed by atoms with Crippen LogP contribution < -0.4 is 10.6 Å². The van der Waals surface area contributed by atoms with Gasteiger partial charge in [-0.1, -0.05) is 23.2 Å². The van der Waals surface area contributed by atoms with E-state index in [4.69, 9.17) is 23.2 Å². The maximum Gasteiger partial charge on any atom is 0.259 e. The zero-order chi connectivity index (χ0) is 14.7. The molecule has 0 fully saturated rings. The molecule has 4 nitrogen and oxygen atoms in total. The lowest BCUT2D eigenvalue weighted by molar-refractivity contribution is 0.102. The van der Waals surface area contributed by atoms with Crippen molar-refractivity contribution in [3.05, 3.63) is 51.9 Å². The number of carbonyl (C=O) groups excluding carboxylic acids is 1. The summed E-state index contributed by atoms with van der Waals surface area (Å²) >= 11 is 11.8. The molecule has 7 heteroatoms. The first-order valence-electron chi connectivity index (χ1n) is 5.61. The van der Waals surface area contributed by atoms with Crippen LogP contribution >= 0.6 is 23.2 Å². The number of amides is 1. The van der Waals surface area contributed by atoms with Crippen molar-refractivity contribution >= 4 is 40.6 Å². The third-order valence-corrected chi connectivity index (χ3v) is 3.08. The molecule has 2 aromatic rings. The molecule has 0 unspecified atom stereocenters. The Kier molecular flexibility index (Phi) is 4.42. The molecule has 1 aromatic carbocycles. The number of anilines is 2. The number of nitrogens with zero attached hydrogens (tertiary/aromatic N) is 1. The number of rotatable bonds is 3. The van der Waals surface area contributed by atoms with Crippen LogP contribution in [-0.4, -0.2) is 17.9 Å². The van der Waals surface area contributed by atoms with Gasteiger partial charge in [0.2, 0.25) is 0 Å². The molecule has 20 heavy (non-hydrogen) atoms. The van der Waals surface area contributed by atoms with Gasteiger partial charge in [-0.2, -0.15) is 0 Å². The normalized spacial score (nSPS) is 10.2. The zero-order valence-corrected chi connectivity index (χ0v) is 11.9. The first kappa shape index (κ1) is 14.6. The average molecular weight is 314 g/mol. The molecule has 104 valence electrons. The van der Waals surface area contributed by atoms with Crippen molar-refractivity contribution in [2.45, 2.75) is 0 Å². The number of nitrogens with one attached hydrogen (secondary N) is 2. The number of carbonyl (C=O) groups is 1. The van der Waals surface area contributed by atoms with Gasteiger partial charge in [0, 0.05) is 12.1 Å². The molecule has 0 radical (unpaired) electrons. The Bertz CT molecular complexity index is 664. The van der Waals surface area contributed by atoms with Crippen molar-refractivity contribution in [2.75, 3.05) is 17.7 Å². The summed E-state index contributed by atoms with van der Waals surface area (Å²) in [6.45, 7) is 0. The van der Waals surface area contributed by atoms with Crippen LogP contribution in [0.15, 0.2) is 30.5 Å².